The number of hydrogen-bond donors (Lipinski definition) is 2. The molecule has 0 aliphatic heterocycles. The van der Waals surface area contributed by atoms with Crippen molar-refractivity contribution in [1.29, 1.82) is 0 Å². The van der Waals surface area contributed by atoms with Crippen molar-refractivity contribution in [3.8, 4) is 0 Å². The van der Waals surface area contributed by atoms with Gasteiger partial charge in [-0.05, 0) is 12.8 Å². The maximum absolute atomic E-state index is 11.7. The molecule has 0 aromatic rings. The smallest absolute Gasteiger partial charge is 0.270 e. The lowest BCUT2D eigenvalue weighted by molar-refractivity contribution is 0.146. The van der Waals surface area contributed by atoms with Gasteiger partial charge in [-0.1, -0.05) is 123 Å². The van der Waals surface area contributed by atoms with Gasteiger partial charge in [0, 0.05) is 0 Å². The number of aliphatic hydroxyl groups excluding tert-OH is 1. The van der Waals surface area contributed by atoms with E-state index in [-0.39, 0.29) is 0 Å². The SMILES string of the molecule is CCCCCCCCCCCC(O)C(CCCCCCCCCC)S(=O)(=O)O. The van der Waals surface area contributed by atoms with E-state index in [0.29, 0.717) is 12.8 Å². The van der Waals surface area contributed by atoms with Crippen LogP contribution in [-0.4, -0.2) is 29.4 Å². The summed E-state index contributed by atoms with van der Waals surface area (Å²) in [7, 11) is -4.18. The Morgan fingerprint density at radius 3 is 1.25 bits per heavy atom. The van der Waals surface area contributed by atoms with Gasteiger partial charge in [0.2, 0.25) is 0 Å². The molecule has 0 fully saturated rings. The van der Waals surface area contributed by atoms with E-state index in [2.05, 4.69) is 13.8 Å². The van der Waals surface area contributed by atoms with Gasteiger partial charge in [0.1, 0.15) is 5.25 Å². The van der Waals surface area contributed by atoms with Crippen molar-refractivity contribution < 1.29 is 18.1 Å². The third kappa shape index (κ3) is 16.8. The molecule has 0 radical (unpaired) electrons. The van der Waals surface area contributed by atoms with Crippen molar-refractivity contribution in [1.82, 2.24) is 0 Å². The Kier molecular flexibility index (Phi) is 18.8. The molecule has 2 N–H and O–H groups in total. The van der Waals surface area contributed by atoms with Crippen molar-refractivity contribution in [3.63, 3.8) is 0 Å². The van der Waals surface area contributed by atoms with E-state index in [1.807, 2.05) is 0 Å². The molecule has 0 heterocycles. The fourth-order valence-electron chi connectivity index (χ4n) is 3.87. The summed E-state index contributed by atoms with van der Waals surface area (Å²) in [6, 6.07) is 0. The number of aliphatic hydroxyl groups is 1. The summed E-state index contributed by atoms with van der Waals surface area (Å²) in [6.07, 6.45) is 19.7. The maximum Gasteiger partial charge on any atom is 0.270 e. The quantitative estimate of drug-likeness (QED) is 0.154. The average molecular weight is 421 g/mol. The fraction of sp³-hybridized carbons (Fsp3) is 1.00. The zero-order chi connectivity index (χ0) is 21.1. The first-order chi connectivity index (χ1) is 13.4. The molecule has 0 rings (SSSR count). The van der Waals surface area contributed by atoms with Crippen LogP contribution in [0.5, 0.6) is 0 Å². The number of hydrogen-bond acceptors (Lipinski definition) is 3. The Morgan fingerprint density at radius 2 is 0.893 bits per heavy atom. The normalized spacial score (nSPS) is 14.3. The Labute approximate surface area is 175 Å². The zero-order valence-electron chi connectivity index (χ0n) is 18.7. The maximum atomic E-state index is 11.7. The van der Waals surface area contributed by atoms with Crippen LogP contribution in [-0.2, 0) is 10.1 Å². The monoisotopic (exact) mass is 420 g/mol. The van der Waals surface area contributed by atoms with E-state index in [1.165, 1.54) is 70.6 Å². The highest BCUT2D eigenvalue weighted by molar-refractivity contribution is 7.86. The van der Waals surface area contributed by atoms with Gasteiger partial charge in [-0.3, -0.25) is 4.55 Å². The molecule has 0 amide bonds. The summed E-state index contributed by atoms with van der Waals surface area (Å²) >= 11 is 0. The van der Waals surface area contributed by atoms with Crippen molar-refractivity contribution in [2.24, 2.45) is 0 Å². The molecule has 0 aromatic heterocycles. The molecule has 0 aliphatic rings. The van der Waals surface area contributed by atoms with Gasteiger partial charge in [0.25, 0.3) is 10.1 Å². The highest BCUT2D eigenvalue weighted by atomic mass is 32.2. The summed E-state index contributed by atoms with van der Waals surface area (Å²) < 4.78 is 32.8. The van der Waals surface area contributed by atoms with Gasteiger partial charge in [0.05, 0.1) is 6.10 Å². The van der Waals surface area contributed by atoms with Crippen LogP contribution in [0.15, 0.2) is 0 Å². The Bertz CT molecular complexity index is 422. The lowest BCUT2D eigenvalue weighted by Gasteiger charge is -2.20. The topological polar surface area (TPSA) is 74.6 Å². The second-order valence-corrected chi connectivity index (χ2v) is 10.1. The van der Waals surface area contributed by atoms with Gasteiger partial charge in [0.15, 0.2) is 0 Å². The van der Waals surface area contributed by atoms with Crippen LogP contribution < -0.4 is 0 Å². The summed E-state index contributed by atoms with van der Waals surface area (Å²) in [5.74, 6) is 0. The molecule has 2 unspecified atom stereocenters. The number of unbranched alkanes of at least 4 members (excludes halogenated alkanes) is 15. The standard InChI is InChI=1S/C23H48O4S/c1-3-5-7-9-11-13-14-16-18-20-22(24)23(28(25,26)27)21-19-17-15-12-10-8-6-4-2/h22-24H,3-21H2,1-2H3,(H,25,26,27). The highest BCUT2D eigenvalue weighted by Crippen LogP contribution is 2.20. The van der Waals surface area contributed by atoms with Gasteiger partial charge in [-0.25, -0.2) is 0 Å². The predicted octanol–water partition coefficient (Wildman–Crippen LogP) is 7.06. The Balaban J connectivity index is 3.87. The molecule has 0 bridgehead atoms. The van der Waals surface area contributed by atoms with Crippen LogP contribution in [0.25, 0.3) is 0 Å². The molecule has 0 spiro atoms. The largest absolute Gasteiger partial charge is 0.392 e. The summed E-state index contributed by atoms with van der Waals surface area (Å²) in [6.45, 7) is 4.43. The summed E-state index contributed by atoms with van der Waals surface area (Å²) in [5, 5.41) is 9.29. The van der Waals surface area contributed by atoms with Gasteiger partial charge in [-0.15, -0.1) is 0 Å². The predicted molar refractivity (Wildman–Crippen MR) is 120 cm³/mol. The minimum Gasteiger partial charge on any atom is -0.392 e. The summed E-state index contributed by atoms with van der Waals surface area (Å²) in [5.41, 5.74) is 0. The number of rotatable bonds is 21. The third-order valence-electron chi connectivity index (χ3n) is 5.76. The van der Waals surface area contributed by atoms with Gasteiger partial charge < -0.3 is 5.11 Å². The first-order valence-electron chi connectivity index (χ1n) is 12.1. The minimum atomic E-state index is -4.18. The molecule has 0 saturated carbocycles. The van der Waals surface area contributed by atoms with Gasteiger partial charge >= 0.3 is 0 Å². The Morgan fingerprint density at radius 1 is 0.571 bits per heavy atom. The molecule has 0 aromatic carbocycles. The minimum absolute atomic E-state index is 0.367. The van der Waals surface area contributed by atoms with E-state index in [1.54, 1.807) is 0 Å². The summed E-state index contributed by atoms with van der Waals surface area (Å²) in [4.78, 5) is 0. The zero-order valence-corrected chi connectivity index (χ0v) is 19.5. The molecule has 2 atom stereocenters. The van der Waals surface area contributed by atoms with Crippen LogP contribution in [0.3, 0.4) is 0 Å². The lowest BCUT2D eigenvalue weighted by atomic mass is 10.0. The molecule has 4 nitrogen and oxygen atoms in total. The van der Waals surface area contributed by atoms with E-state index >= 15 is 0 Å². The molecular weight excluding hydrogens is 372 g/mol. The molecule has 0 aliphatic carbocycles. The Hall–Kier alpha value is -0.130. The van der Waals surface area contributed by atoms with E-state index < -0.39 is 21.5 Å². The molecule has 28 heavy (non-hydrogen) atoms. The van der Waals surface area contributed by atoms with Crippen molar-refractivity contribution in [3.05, 3.63) is 0 Å². The second kappa shape index (κ2) is 18.9. The van der Waals surface area contributed by atoms with Crippen molar-refractivity contribution in [2.75, 3.05) is 0 Å². The third-order valence-corrected chi connectivity index (χ3v) is 7.07. The lowest BCUT2D eigenvalue weighted by Crippen LogP contribution is -2.33. The van der Waals surface area contributed by atoms with Crippen LogP contribution in [0.2, 0.25) is 0 Å². The second-order valence-electron chi connectivity index (χ2n) is 8.50. The molecule has 5 heteroatoms. The van der Waals surface area contributed by atoms with E-state index in [4.69, 9.17) is 0 Å². The van der Waals surface area contributed by atoms with Crippen molar-refractivity contribution >= 4 is 10.1 Å². The highest BCUT2D eigenvalue weighted by Gasteiger charge is 2.29. The first-order valence-corrected chi connectivity index (χ1v) is 13.6. The van der Waals surface area contributed by atoms with E-state index in [9.17, 15) is 18.1 Å². The van der Waals surface area contributed by atoms with Crippen LogP contribution in [0.1, 0.15) is 136 Å². The van der Waals surface area contributed by atoms with Crippen LogP contribution >= 0.6 is 0 Å². The van der Waals surface area contributed by atoms with Crippen LogP contribution in [0, 0.1) is 0 Å². The molecule has 0 saturated heterocycles. The first kappa shape index (κ1) is 27.9. The fourth-order valence-corrected chi connectivity index (χ4v) is 4.87. The van der Waals surface area contributed by atoms with Gasteiger partial charge in [-0.2, -0.15) is 8.42 Å². The molecular formula is C23H48O4S. The average Bonchev–Trinajstić information content (AvgIpc) is 2.64. The van der Waals surface area contributed by atoms with Crippen molar-refractivity contribution in [2.45, 2.75) is 147 Å². The van der Waals surface area contributed by atoms with Crippen LogP contribution in [0.4, 0.5) is 0 Å². The van der Waals surface area contributed by atoms with E-state index in [0.717, 1.165) is 38.5 Å². The molecule has 170 valence electrons.